The highest BCUT2D eigenvalue weighted by Gasteiger charge is 2.04. The minimum Gasteiger partial charge on any atom is -0.494 e. The quantitative estimate of drug-likeness (QED) is 0.558. The zero-order valence-corrected chi connectivity index (χ0v) is 14.1. The molecule has 0 saturated carbocycles. The Bertz CT molecular complexity index is 751. The maximum atomic E-state index is 11.9. The van der Waals surface area contributed by atoms with E-state index in [2.05, 4.69) is 12.2 Å². The lowest BCUT2D eigenvalue weighted by Crippen LogP contribution is -2.08. The van der Waals surface area contributed by atoms with Crippen LogP contribution in [0.4, 0.5) is 5.69 Å². The van der Waals surface area contributed by atoms with Crippen LogP contribution >= 0.6 is 0 Å². The molecule has 0 aliphatic heterocycles. The Balaban J connectivity index is 1.91. The van der Waals surface area contributed by atoms with Gasteiger partial charge in [0.05, 0.1) is 12.2 Å². The van der Waals surface area contributed by atoms with E-state index in [1.807, 2.05) is 24.3 Å². The summed E-state index contributed by atoms with van der Waals surface area (Å²) in [6.45, 7) is 2.81. The monoisotopic (exact) mass is 339 g/mol. The van der Waals surface area contributed by atoms with Crippen LogP contribution in [0, 0.1) is 0 Å². The first kappa shape index (κ1) is 18.3. The minimum absolute atomic E-state index is 0.125. The summed E-state index contributed by atoms with van der Waals surface area (Å²) in [5, 5.41) is 11.6. The van der Waals surface area contributed by atoms with Crippen molar-refractivity contribution in [3.05, 3.63) is 65.7 Å². The van der Waals surface area contributed by atoms with E-state index in [9.17, 15) is 9.59 Å². The number of aromatic carboxylic acids is 1. The van der Waals surface area contributed by atoms with E-state index in [-0.39, 0.29) is 11.5 Å². The van der Waals surface area contributed by atoms with Gasteiger partial charge >= 0.3 is 5.97 Å². The molecule has 0 bridgehead atoms. The number of anilines is 1. The summed E-state index contributed by atoms with van der Waals surface area (Å²) in [6.07, 6.45) is 5.20. The molecule has 0 aliphatic carbocycles. The molecule has 0 atom stereocenters. The molecule has 25 heavy (non-hydrogen) atoms. The highest BCUT2D eigenvalue weighted by atomic mass is 16.5. The number of hydrogen-bond donors (Lipinski definition) is 2. The summed E-state index contributed by atoms with van der Waals surface area (Å²) in [4.78, 5) is 22.9. The summed E-state index contributed by atoms with van der Waals surface area (Å²) in [7, 11) is 0. The van der Waals surface area contributed by atoms with Crippen molar-refractivity contribution in [3.8, 4) is 5.75 Å². The molecule has 0 aliphatic rings. The third kappa shape index (κ3) is 6.14. The van der Waals surface area contributed by atoms with Crippen molar-refractivity contribution >= 4 is 23.6 Å². The van der Waals surface area contributed by atoms with Crippen LogP contribution in [-0.4, -0.2) is 23.6 Å². The highest BCUT2D eigenvalue weighted by molar-refractivity contribution is 6.02. The number of carbonyl (C=O) groups excluding carboxylic acids is 1. The van der Waals surface area contributed by atoms with E-state index in [0.29, 0.717) is 12.3 Å². The van der Waals surface area contributed by atoms with Crippen LogP contribution in [-0.2, 0) is 4.79 Å². The second kappa shape index (κ2) is 9.27. The lowest BCUT2D eigenvalue weighted by Gasteiger charge is -2.05. The first-order valence-electron chi connectivity index (χ1n) is 8.14. The molecule has 0 radical (unpaired) electrons. The molecule has 2 aromatic rings. The fourth-order valence-corrected chi connectivity index (χ4v) is 2.10. The van der Waals surface area contributed by atoms with Gasteiger partial charge in [0.25, 0.3) is 0 Å². The van der Waals surface area contributed by atoms with E-state index in [0.717, 1.165) is 24.2 Å². The SMILES string of the molecule is CCCCOc1ccc(/C=C/C(=O)Nc2cccc(C(=O)O)c2)cc1. The van der Waals surface area contributed by atoms with Crippen molar-refractivity contribution in [1.29, 1.82) is 0 Å². The highest BCUT2D eigenvalue weighted by Crippen LogP contribution is 2.14. The van der Waals surface area contributed by atoms with Crippen LogP contribution < -0.4 is 10.1 Å². The number of carboxylic acid groups (broad SMARTS) is 1. The zero-order chi connectivity index (χ0) is 18.1. The molecule has 0 unspecified atom stereocenters. The molecule has 5 heteroatoms. The van der Waals surface area contributed by atoms with Crippen LogP contribution in [0.2, 0.25) is 0 Å². The van der Waals surface area contributed by atoms with Crippen molar-refractivity contribution in [1.82, 2.24) is 0 Å². The molecular weight excluding hydrogens is 318 g/mol. The molecule has 2 rings (SSSR count). The molecule has 5 nitrogen and oxygen atoms in total. The Hall–Kier alpha value is -3.08. The van der Waals surface area contributed by atoms with E-state index in [1.165, 1.54) is 18.2 Å². The van der Waals surface area contributed by atoms with Crippen LogP contribution in [0.25, 0.3) is 6.08 Å². The van der Waals surface area contributed by atoms with Gasteiger partial charge < -0.3 is 15.2 Å². The van der Waals surface area contributed by atoms with Gasteiger partial charge in [0.1, 0.15) is 5.75 Å². The Morgan fingerprint density at radius 2 is 1.92 bits per heavy atom. The summed E-state index contributed by atoms with van der Waals surface area (Å²) in [6, 6.07) is 13.6. The Morgan fingerprint density at radius 1 is 1.16 bits per heavy atom. The predicted octanol–water partition coefficient (Wildman–Crippen LogP) is 4.22. The second-order valence-corrected chi connectivity index (χ2v) is 5.48. The van der Waals surface area contributed by atoms with Gasteiger partial charge in [-0.25, -0.2) is 4.79 Å². The third-order valence-electron chi connectivity index (χ3n) is 3.45. The van der Waals surface area contributed by atoms with Crippen LogP contribution in [0.1, 0.15) is 35.7 Å². The zero-order valence-electron chi connectivity index (χ0n) is 14.1. The van der Waals surface area contributed by atoms with E-state index in [4.69, 9.17) is 9.84 Å². The fraction of sp³-hybridized carbons (Fsp3) is 0.200. The average molecular weight is 339 g/mol. The number of nitrogens with one attached hydrogen (secondary N) is 1. The van der Waals surface area contributed by atoms with Crippen molar-refractivity contribution < 1.29 is 19.4 Å². The normalized spacial score (nSPS) is 10.6. The molecule has 0 spiro atoms. The summed E-state index contributed by atoms with van der Waals surface area (Å²) in [5.74, 6) is -0.556. The van der Waals surface area contributed by atoms with Gasteiger partial charge in [-0.1, -0.05) is 31.5 Å². The van der Waals surface area contributed by atoms with Gasteiger partial charge in [-0.15, -0.1) is 0 Å². The molecular formula is C20H21NO4. The molecule has 0 fully saturated rings. The fourth-order valence-electron chi connectivity index (χ4n) is 2.10. The first-order chi connectivity index (χ1) is 12.1. The lowest BCUT2D eigenvalue weighted by atomic mass is 10.2. The van der Waals surface area contributed by atoms with Gasteiger partial charge in [-0.3, -0.25) is 4.79 Å². The molecule has 2 aromatic carbocycles. The molecule has 1 amide bonds. The number of benzene rings is 2. The average Bonchev–Trinajstić information content (AvgIpc) is 2.61. The van der Waals surface area contributed by atoms with Crippen LogP contribution in [0.5, 0.6) is 5.75 Å². The maximum Gasteiger partial charge on any atom is 0.335 e. The van der Waals surface area contributed by atoms with Gasteiger partial charge in [-0.2, -0.15) is 0 Å². The number of hydrogen-bond acceptors (Lipinski definition) is 3. The second-order valence-electron chi connectivity index (χ2n) is 5.48. The number of unbranched alkanes of at least 4 members (excludes halogenated alkanes) is 1. The molecule has 0 heterocycles. The standard InChI is InChI=1S/C20H21NO4/c1-2-3-13-25-18-10-7-15(8-11-18)9-12-19(22)21-17-6-4-5-16(14-17)20(23)24/h4-12,14H,2-3,13H2,1H3,(H,21,22)(H,23,24)/b12-9+. The minimum atomic E-state index is -1.03. The Labute approximate surface area is 146 Å². The number of carbonyl (C=O) groups is 2. The number of carboxylic acids is 1. The Kier molecular flexibility index (Phi) is 6.77. The van der Waals surface area contributed by atoms with E-state index in [1.54, 1.807) is 18.2 Å². The molecule has 0 saturated heterocycles. The molecule has 0 aromatic heterocycles. The van der Waals surface area contributed by atoms with Gasteiger partial charge in [-0.05, 0) is 48.4 Å². The molecule has 130 valence electrons. The van der Waals surface area contributed by atoms with Gasteiger partial charge in [0, 0.05) is 11.8 Å². The third-order valence-corrected chi connectivity index (χ3v) is 3.45. The molecule has 2 N–H and O–H groups in total. The van der Waals surface area contributed by atoms with E-state index >= 15 is 0 Å². The van der Waals surface area contributed by atoms with Crippen molar-refractivity contribution in [3.63, 3.8) is 0 Å². The maximum absolute atomic E-state index is 11.9. The number of rotatable bonds is 8. The topological polar surface area (TPSA) is 75.6 Å². The van der Waals surface area contributed by atoms with Crippen molar-refractivity contribution in [2.45, 2.75) is 19.8 Å². The lowest BCUT2D eigenvalue weighted by molar-refractivity contribution is -0.111. The van der Waals surface area contributed by atoms with Crippen LogP contribution in [0.3, 0.4) is 0 Å². The van der Waals surface area contributed by atoms with Gasteiger partial charge in [0.15, 0.2) is 0 Å². The number of ether oxygens (including phenoxy) is 1. The van der Waals surface area contributed by atoms with Crippen molar-refractivity contribution in [2.24, 2.45) is 0 Å². The Morgan fingerprint density at radius 3 is 2.60 bits per heavy atom. The number of amides is 1. The first-order valence-corrected chi connectivity index (χ1v) is 8.14. The summed E-state index contributed by atoms with van der Waals surface area (Å²) < 4.78 is 5.59. The summed E-state index contributed by atoms with van der Waals surface area (Å²) in [5.41, 5.74) is 1.44. The largest absolute Gasteiger partial charge is 0.494 e. The van der Waals surface area contributed by atoms with E-state index < -0.39 is 5.97 Å². The smallest absolute Gasteiger partial charge is 0.335 e. The van der Waals surface area contributed by atoms with Crippen molar-refractivity contribution in [2.75, 3.05) is 11.9 Å². The van der Waals surface area contributed by atoms with Gasteiger partial charge in [0.2, 0.25) is 5.91 Å². The van der Waals surface area contributed by atoms with Crippen LogP contribution in [0.15, 0.2) is 54.6 Å². The summed E-state index contributed by atoms with van der Waals surface area (Å²) >= 11 is 0. The predicted molar refractivity (Wildman–Crippen MR) is 97.9 cm³/mol.